The Hall–Kier alpha value is -0.540. The van der Waals surface area contributed by atoms with Gasteiger partial charge in [0.05, 0.1) is 16.9 Å². The molecule has 0 radical (unpaired) electrons. The Balaban J connectivity index is 3.10. The molecular formula is C5H4Cl2N2O. The molecule has 5 heteroatoms. The smallest absolute Gasteiger partial charge is 0.253 e. The molecule has 0 aliphatic carbocycles. The first-order chi connectivity index (χ1) is 4.61. The van der Waals surface area contributed by atoms with Crippen molar-refractivity contribution in [2.24, 2.45) is 0 Å². The maximum Gasteiger partial charge on any atom is 0.340 e. The van der Waals surface area contributed by atoms with Crippen LogP contribution >= 0.6 is 23.2 Å². The second-order valence-electron chi connectivity index (χ2n) is 1.76. The van der Waals surface area contributed by atoms with Gasteiger partial charge in [-0.05, 0) is 18.5 Å². The first-order valence-corrected chi connectivity index (χ1v) is 3.28. The molecule has 0 aromatic carbocycles. The fourth-order valence-corrected chi connectivity index (χ4v) is 0.746. The van der Waals surface area contributed by atoms with Crippen molar-refractivity contribution in [3.05, 3.63) is 16.9 Å². The molecule has 1 aromatic heterocycles. The van der Waals surface area contributed by atoms with Crippen molar-refractivity contribution in [1.29, 1.82) is 0 Å². The van der Waals surface area contributed by atoms with Gasteiger partial charge in [-0.25, -0.2) is 0 Å². The van der Waals surface area contributed by atoms with E-state index in [1.807, 2.05) is 0 Å². The summed E-state index contributed by atoms with van der Waals surface area (Å²) < 4.78 is 0.985. The fourth-order valence-electron chi connectivity index (χ4n) is 0.529. The van der Waals surface area contributed by atoms with Crippen LogP contribution in [-0.2, 0) is 0 Å². The van der Waals surface area contributed by atoms with E-state index in [1.54, 1.807) is 6.92 Å². The zero-order valence-electron chi connectivity index (χ0n) is 5.14. The monoisotopic (exact) mass is 178 g/mol. The molecule has 0 unspecified atom stereocenters. The Labute approximate surface area is 67.5 Å². The van der Waals surface area contributed by atoms with Crippen molar-refractivity contribution in [1.82, 2.24) is 9.78 Å². The summed E-state index contributed by atoms with van der Waals surface area (Å²) in [5.41, 5.74) is 0.593. The molecular weight excluding hydrogens is 175 g/mol. The van der Waals surface area contributed by atoms with Crippen LogP contribution in [0.2, 0.25) is 5.02 Å². The third-order valence-corrected chi connectivity index (χ3v) is 1.56. The summed E-state index contributed by atoms with van der Waals surface area (Å²) in [5, 5.41) is 3.49. The van der Waals surface area contributed by atoms with Crippen molar-refractivity contribution in [3.63, 3.8) is 0 Å². The van der Waals surface area contributed by atoms with E-state index >= 15 is 0 Å². The number of aryl methyl sites for hydroxylation is 1. The molecule has 0 aliphatic rings. The van der Waals surface area contributed by atoms with E-state index < -0.39 is 5.37 Å². The minimum Gasteiger partial charge on any atom is -0.253 e. The predicted molar refractivity (Wildman–Crippen MR) is 38.6 cm³/mol. The Morgan fingerprint density at radius 1 is 1.80 bits per heavy atom. The maximum atomic E-state index is 10.4. The Morgan fingerprint density at radius 2 is 2.40 bits per heavy atom. The Morgan fingerprint density at radius 3 is 2.60 bits per heavy atom. The summed E-state index contributed by atoms with van der Waals surface area (Å²) in [6, 6.07) is 0. The van der Waals surface area contributed by atoms with Crippen molar-refractivity contribution < 1.29 is 4.79 Å². The average molecular weight is 179 g/mol. The molecule has 1 aromatic rings. The van der Waals surface area contributed by atoms with Crippen LogP contribution in [0.1, 0.15) is 5.69 Å². The van der Waals surface area contributed by atoms with Crippen LogP contribution in [-0.4, -0.2) is 15.1 Å². The van der Waals surface area contributed by atoms with Gasteiger partial charge in [-0.15, -0.1) is 0 Å². The second kappa shape index (κ2) is 2.60. The van der Waals surface area contributed by atoms with Gasteiger partial charge in [0, 0.05) is 0 Å². The van der Waals surface area contributed by atoms with Crippen LogP contribution in [0.15, 0.2) is 6.20 Å². The van der Waals surface area contributed by atoms with Crippen LogP contribution in [0.3, 0.4) is 0 Å². The molecule has 0 amide bonds. The summed E-state index contributed by atoms with van der Waals surface area (Å²) in [6.45, 7) is 1.69. The van der Waals surface area contributed by atoms with Crippen LogP contribution in [0.4, 0.5) is 4.79 Å². The normalized spacial score (nSPS) is 9.90. The summed E-state index contributed by atoms with van der Waals surface area (Å²) in [5.74, 6) is 0. The first kappa shape index (κ1) is 7.57. The quantitative estimate of drug-likeness (QED) is 0.571. The molecule has 0 saturated carbocycles. The standard InChI is InChI=1S/C5H4Cl2N2O/c1-3-4(6)2-9(8-3)5(7)10/h2H,1H3. The van der Waals surface area contributed by atoms with Gasteiger partial charge >= 0.3 is 5.37 Å². The Kier molecular flexibility index (Phi) is 1.97. The van der Waals surface area contributed by atoms with Crippen LogP contribution in [0, 0.1) is 6.92 Å². The lowest BCUT2D eigenvalue weighted by Gasteiger charge is -1.85. The number of carbonyl (C=O) groups is 1. The molecule has 54 valence electrons. The van der Waals surface area contributed by atoms with E-state index in [0.717, 1.165) is 4.68 Å². The van der Waals surface area contributed by atoms with Gasteiger partial charge in [0.1, 0.15) is 0 Å². The van der Waals surface area contributed by atoms with Gasteiger partial charge in [0.2, 0.25) is 0 Å². The van der Waals surface area contributed by atoms with Gasteiger partial charge in [-0.3, -0.25) is 4.79 Å². The van der Waals surface area contributed by atoms with Gasteiger partial charge < -0.3 is 0 Å². The lowest BCUT2D eigenvalue weighted by Crippen LogP contribution is -2.01. The average Bonchev–Trinajstić information content (AvgIpc) is 2.13. The number of hydrogen-bond acceptors (Lipinski definition) is 2. The number of hydrogen-bond donors (Lipinski definition) is 0. The summed E-state index contributed by atoms with van der Waals surface area (Å²) in [4.78, 5) is 10.4. The zero-order valence-corrected chi connectivity index (χ0v) is 6.65. The number of rotatable bonds is 0. The molecule has 1 heterocycles. The maximum absolute atomic E-state index is 10.4. The van der Waals surface area contributed by atoms with Crippen molar-refractivity contribution in [2.45, 2.75) is 6.92 Å². The molecule has 3 nitrogen and oxygen atoms in total. The minimum atomic E-state index is -0.657. The van der Waals surface area contributed by atoms with E-state index in [0.29, 0.717) is 10.7 Å². The highest BCUT2D eigenvalue weighted by Crippen LogP contribution is 2.12. The molecule has 10 heavy (non-hydrogen) atoms. The predicted octanol–water partition coefficient (Wildman–Crippen LogP) is 2.05. The zero-order chi connectivity index (χ0) is 7.72. The fraction of sp³-hybridized carbons (Fsp3) is 0.200. The van der Waals surface area contributed by atoms with E-state index in [-0.39, 0.29) is 0 Å². The van der Waals surface area contributed by atoms with Crippen LogP contribution in [0.25, 0.3) is 0 Å². The molecule has 1 rings (SSSR count). The third-order valence-electron chi connectivity index (χ3n) is 1.02. The SMILES string of the molecule is Cc1nn(C(=O)Cl)cc1Cl. The summed E-state index contributed by atoms with van der Waals surface area (Å²) in [7, 11) is 0. The van der Waals surface area contributed by atoms with Gasteiger partial charge in [-0.2, -0.15) is 9.78 Å². The van der Waals surface area contributed by atoms with Gasteiger partial charge in [-0.1, -0.05) is 11.6 Å². The van der Waals surface area contributed by atoms with Crippen molar-refractivity contribution in [3.8, 4) is 0 Å². The third kappa shape index (κ3) is 1.30. The van der Waals surface area contributed by atoms with Crippen molar-refractivity contribution in [2.75, 3.05) is 0 Å². The summed E-state index contributed by atoms with van der Waals surface area (Å²) >= 11 is 10.7. The van der Waals surface area contributed by atoms with Crippen LogP contribution < -0.4 is 0 Å². The number of carbonyl (C=O) groups excluding carboxylic acids is 1. The van der Waals surface area contributed by atoms with E-state index in [2.05, 4.69) is 5.10 Å². The molecule has 0 bridgehead atoms. The Bertz CT molecular complexity index is 249. The van der Waals surface area contributed by atoms with E-state index in [9.17, 15) is 4.79 Å². The topological polar surface area (TPSA) is 34.9 Å². The number of nitrogens with zero attached hydrogens (tertiary/aromatic N) is 2. The molecule has 0 saturated heterocycles. The summed E-state index contributed by atoms with van der Waals surface area (Å²) in [6.07, 6.45) is 1.37. The molecule has 0 spiro atoms. The van der Waals surface area contributed by atoms with Gasteiger partial charge in [0.15, 0.2) is 0 Å². The largest absolute Gasteiger partial charge is 0.340 e. The second-order valence-corrected chi connectivity index (χ2v) is 2.49. The van der Waals surface area contributed by atoms with Crippen molar-refractivity contribution >= 4 is 28.6 Å². The highest BCUT2D eigenvalue weighted by Gasteiger charge is 2.05. The molecule has 0 atom stereocenters. The van der Waals surface area contributed by atoms with E-state index in [1.165, 1.54) is 6.20 Å². The number of halogens is 2. The van der Waals surface area contributed by atoms with Crippen LogP contribution in [0.5, 0.6) is 0 Å². The highest BCUT2D eigenvalue weighted by molar-refractivity contribution is 6.63. The first-order valence-electron chi connectivity index (χ1n) is 2.53. The lowest BCUT2D eigenvalue weighted by atomic mass is 10.5. The highest BCUT2D eigenvalue weighted by atomic mass is 35.5. The van der Waals surface area contributed by atoms with Gasteiger partial charge in [0.25, 0.3) is 0 Å². The lowest BCUT2D eigenvalue weighted by molar-refractivity contribution is 0.258. The number of aromatic nitrogens is 2. The van der Waals surface area contributed by atoms with E-state index in [4.69, 9.17) is 23.2 Å². The minimum absolute atomic E-state index is 0.439. The molecule has 0 N–H and O–H groups in total. The molecule has 0 aliphatic heterocycles. The molecule has 0 fully saturated rings.